The first-order valence-electron chi connectivity index (χ1n) is 5.74. The van der Waals surface area contributed by atoms with Crippen molar-refractivity contribution >= 4 is 23.4 Å². The molecule has 1 aromatic carbocycles. The summed E-state index contributed by atoms with van der Waals surface area (Å²) >= 11 is 1.00. The summed E-state index contributed by atoms with van der Waals surface area (Å²) in [5, 5.41) is 9.89. The van der Waals surface area contributed by atoms with Crippen LogP contribution in [0.5, 0.6) is 0 Å². The lowest BCUT2D eigenvalue weighted by Gasteiger charge is -2.09. The number of amides is 1. The van der Waals surface area contributed by atoms with Gasteiger partial charge in [-0.25, -0.2) is 0 Å². The van der Waals surface area contributed by atoms with Gasteiger partial charge in [0.05, 0.1) is 11.3 Å². The standard InChI is InChI=1S/C12H10F3N3O2S/c1-7-17-18-11(20-7)21-6-10(19)16-9-4-2-3-8(5-9)12(13,14)15/h2-5H,6H2,1H3,(H,16,19). The number of anilines is 1. The third kappa shape index (κ3) is 4.48. The average molecular weight is 317 g/mol. The van der Waals surface area contributed by atoms with Gasteiger partial charge in [0.2, 0.25) is 11.8 Å². The number of benzene rings is 1. The number of nitrogens with zero attached hydrogens (tertiary/aromatic N) is 2. The molecule has 1 N–H and O–H groups in total. The highest BCUT2D eigenvalue weighted by molar-refractivity contribution is 7.99. The fraction of sp³-hybridized carbons (Fsp3) is 0.250. The monoisotopic (exact) mass is 317 g/mol. The minimum absolute atomic E-state index is 0.0438. The first-order chi connectivity index (χ1) is 9.84. The minimum Gasteiger partial charge on any atom is -0.416 e. The maximum Gasteiger partial charge on any atom is 0.416 e. The second kappa shape index (κ2) is 6.17. The van der Waals surface area contributed by atoms with Gasteiger partial charge in [-0.3, -0.25) is 4.79 Å². The Morgan fingerprint density at radius 3 is 2.76 bits per heavy atom. The SMILES string of the molecule is Cc1nnc(SCC(=O)Nc2cccc(C(F)(F)F)c2)o1. The van der Waals surface area contributed by atoms with Crippen molar-refractivity contribution < 1.29 is 22.4 Å². The van der Waals surface area contributed by atoms with Crippen LogP contribution < -0.4 is 5.32 Å². The lowest BCUT2D eigenvalue weighted by atomic mass is 10.2. The summed E-state index contributed by atoms with van der Waals surface area (Å²) in [6.45, 7) is 1.61. The Labute approximate surface area is 121 Å². The summed E-state index contributed by atoms with van der Waals surface area (Å²) in [7, 11) is 0. The molecule has 0 fully saturated rings. The number of halogens is 3. The highest BCUT2D eigenvalue weighted by Crippen LogP contribution is 2.30. The predicted octanol–water partition coefficient (Wildman–Crippen LogP) is 3.13. The molecule has 21 heavy (non-hydrogen) atoms. The van der Waals surface area contributed by atoms with Crippen LogP contribution in [0.25, 0.3) is 0 Å². The van der Waals surface area contributed by atoms with E-state index in [0.717, 1.165) is 23.9 Å². The molecular weight excluding hydrogens is 307 g/mol. The molecule has 2 rings (SSSR count). The van der Waals surface area contributed by atoms with Crippen LogP contribution in [-0.2, 0) is 11.0 Å². The lowest BCUT2D eigenvalue weighted by Crippen LogP contribution is -2.15. The maximum absolute atomic E-state index is 12.5. The predicted molar refractivity (Wildman–Crippen MR) is 69.8 cm³/mol. The van der Waals surface area contributed by atoms with E-state index in [-0.39, 0.29) is 16.7 Å². The Kier molecular flexibility index (Phi) is 4.51. The Hall–Kier alpha value is -2.03. The normalized spacial score (nSPS) is 11.4. The second-order valence-corrected chi connectivity index (χ2v) is 4.93. The second-order valence-electron chi connectivity index (χ2n) is 4.00. The molecule has 0 spiro atoms. The van der Waals surface area contributed by atoms with Gasteiger partial charge in [-0.1, -0.05) is 17.8 Å². The fourth-order valence-electron chi connectivity index (χ4n) is 1.43. The number of carbonyl (C=O) groups excluding carboxylic acids is 1. The molecule has 1 amide bonds. The van der Waals surface area contributed by atoms with E-state index in [1.54, 1.807) is 6.92 Å². The van der Waals surface area contributed by atoms with Gasteiger partial charge in [0.15, 0.2) is 0 Å². The molecule has 5 nitrogen and oxygen atoms in total. The molecule has 0 bridgehead atoms. The Bertz CT molecular complexity index is 643. The van der Waals surface area contributed by atoms with Gasteiger partial charge in [0, 0.05) is 12.6 Å². The molecule has 0 saturated heterocycles. The van der Waals surface area contributed by atoms with Crippen molar-refractivity contribution in [3.8, 4) is 0 Å². The molecule has 0 aliphatic heterocycles. The summed E-state index contributed by atoms with van der Waals surface area (Å²) in [5.74, 6) is -0.135. The van der Waals surface area contributed by atoms with Gasteiger partial charge in [-0.15, -0.1) is 10.2 Å². The van der Waals surface area contributed by atoms with E-state index in [2.05, 4.69) is 15.5 Å². The minimum atomic E-state index is -4.45. The summed E-state index contributed by atoms with van der Waals surface area (Å²) < 4.78 is 42.7. The van der Waals surface area contributed by atoms with E-state index in [4.69, 9.17) is 4.42 Å². The third-order valence-corrected chi connectivity index (χ3v) is 3.13. The number of rotatable bonds is 4. The molecule has 1 heterocycles. The van der Waals surface area contributed by atoms with Crippen molar-refractivity contribution in [1.82, 2.24) is 10.2 Å². The number of hydrogen-bond acceptors (Lipinski definition) is 5. The zero-order chi connectivity index (χ0) is 15.5. The van der Waals surface area contributed by atoms with E-state index in [1.165, 1.54) is 12.1 Å². The van der Waals surface area contributed by atoms with E-state index >= 15 is 0 Å². The zero-order valence-corrected chi connectivity index (χ0v) is 11.6. The average Bonchev–Trinajstić information content (AvgIpc) is 2.82. The van der Waals surface area contributed by atoms with Crippen LogP contribution in [0, 0.1) is 6.92 Å². The number of nitrogens with one attached hydrogen (secondary N) is 1. The smallest absolute Gasteiger partial charge is 0.416 e. The van der Waals surface area contributed by atoms with Gasteiger partial charge in [0.1, 0.15) is 0 Å². The molecule has 0 radical (unpaired) electrons. The highest BCUT2D eigenvalue weighted by Gasteiger charge is 2.30. The number of alkyl halides is 3. The summed E-state index contributed by atoms with van der Waals surface area (Å²) in [4.78, 5) is 11.7. The fourth-order valence-corrected chi connectivity index (χ4v) is 2.04. The van der Waals surface area contributed by atoms with Crippen molar-refractivity contribution in [1.29, 1.82) is 0 Å². The van der Waals surface area contributed by atoms with Crippen molar-refractivity contribution in [2.75, 3.05) is 11.1 Å². The first kappa shape index (κ1) is 15.4. The third-order valence-electron chi connectivity index (χ3n) is 2.31. The largest absolute Gasteiger partial charge is 0.416 e. The number of aryl methyl sites for hydroxylation is 1. The summed E-state index contributed by atoms with van der Waals surface area (Å²) in [6.07, 6.45) is -4.45. The molecule has 0 aliphatic carbocycles. The van der Waals surface area contributed by atoms with Crippen LogP contribution in [0.2, 0.25) is 0 Å². The van der Waals surface area contributed by atoms with Gasteiger partial charge in [-0.2, -0.15) is 13.2 Å². The zero-order valence-electron chi connectivity index (χ0n) is 10.8. The molecule has 0 aliphatic rings. The quantitative estimate of drug-likeness (QED) is 0.878. The van der Waals surface area contributed by atoms with Crippen molar-refractivity contribution in [2.24, 2.45) is 0 Å². The van der Waals surface area contributed by atoms with Crippen LogP contribution in [0.1, 0.15) is 11.5 Å². The van der Waals surface area contributed by atoms with Crippen LogP contribution >= 0.6 is 11.8 Å². The molecule has 2 aromatic rings. The maximum atomic E-state index is 12.5. The Morgan fingerprint density at radius 1 is 1.38 bits per heavy atom. The molecule has 9 heteroatoms. The summed E-state index contributed by atoms with van der Waals surface area (Å²) in [6, 6.07) is 4.42. The molecule has 112 valence electrons. The van der Waals surface area contributed by atoms with Crippen molar-refractivity contribution in [3.05, 3.63) is 35.7 Å². The van der Waals surface area contributed by atoms with Gasteiger partial charge in [0.25, 0.3) is 5.22 Å². The van der Waals surface area contributed by atoms with Crippen LogP contribution in [0.4, 0.5) is 18.9 Å². The van der Waals surface area contributed by atoms with Gasteiger partial charge in [-0.05, 0) is 18.2 Å². The van der Waals surface area contributed by atoms with Gasteiger partial charge < -0.3 is 9.73 Å². The summed E-state index contributed by atoms with van der Waals surface area (Å²) in [5.41, 5.74) is -0.738. The molecule has 0 atom stereocenters. The van der Waals surface area contributed by atoms with E-state index in [1.807, 2.05) is 0 Å². The van der Waals surface area contributed by atoms with E-state index in [0.29, 0.717) is 5.89 Å². The van der Waals surface area contributed by atoms with Crippen molar-refractivity contribution in [3.63, 3.8) is 0 Å². The van der Waals surface area contributed by atoms with Crippen LogP contribution in [0.15, 0.2) is 33.9 Å². The Balaban J connectivity index is 1.93. The topological polar surface area (TPSA) is 68.0 Å². The lowest BCUT2D eigenvalue weighted by molar-refractivity contribution is -0.137. The number of aromatic nitrogens is 2. The van der Waals surface area contributed by atoms with Crippen molar-refractivity contribution in [2.45, 2.75) is 18.3 Å². The Morgan fingerprint density at radius 2 is 2.14 bits per heavy atom. The molecule has 0 saturated carbocycles. The highest BCUT2D eigenvalue weighted by atomic mass is 32.2. The van der Waals surface area contributed by atoms with Crippen LogP contribution in [-0.4, -0.2) is 21.9 Å². The number of carbonyl (C=O) groups is 1. The van der Waals surface area contributed by atoms with E-state index in [9.17, 15) is 18.0 Å². The first-order valence-corrected chi connectivity index (χ1v) is 6.73. The number of thioether (sulfide) groups is 1. The molecule has 0 unspecified atom stereocenters. The van der Waals surface area contributed by atoms with Gasteiger partial charge >= 0.3 is 6.18 Å². The number of hydrogen-bond donors (Lipinski definition) is 1. The van der Waals surface area contributed by atoms with E-state index < -0.39 is 17.6 Å². The van der Waals surface area contributed by atoms with Crippen LogP contribution in [0.3, 0.4) is 0 Å². The molecular formula is C12H10F3N3O2S. The molecule has 1 aromatic heterocycles.